The molecule has 0 unspecified atom stereocenters. The number of aromatic nitrogens is 2. The van der Waals surface area contributed by atoms with Gasteiger partial charge in [0.25, 0.3) is 0 Å². The SMILES string of the molecule is CCCNCc1cnn(CCc2ccccc2)c1. The second kappa shape index (κ2) is 6.97. The molecule has 3 nitrogen and oxygen atoms in total. The van der Waals surface area contributed by atoms with Crippen LogP contribution < -0.4 is 5.32 Å². The van der Waals surface area contributed by atoms with Gasteiger partial charge in [-0.2, -0.15) is 5.10 Å². The summed E-state index contributed by atoms with van der Waals surface area (Å²) >= 11 is 0. The molecule has 1 aromatic heterocycles. The third kappa shape index (κ3) is 4.00. The molecular weight excluding hydrogens is 222 g/mol. The molecule has 2 aromatic rings. The van der Waals surface area contributed by atoms with Crippen LogP contribution in [0.25, 0.3) is 0 Å². The minimum Gasteiger partial charge on any atom is -0.313 e. The summed E-state index contributed by atoms with van der Waals surface area (Å²) in [5.41, 5.74) is 2.62. The van der Waals surface area contributed by atoms with Crippen molar-refractivity contribution in [3.05, 3.63) is 53.9 Å². The molecule has 0 aliphatic heterocycles. The van der Waals surface area contributed by atoms with Gasteiger partial charge in [-0.25, -0.2) is 0 Å². The first-order chi connectivity index (χ1) is 8.88. The molecule has 1 heterocycles. The van der Waals surface area contributed by atoms with E-state index in [1.807, 2.05) is 10.9 Å². The summed E-state index contributed by atoms with van der Waals surface area (Å²) in [7, 11) is 0. The summed E-state index contributed by atoms with van der Waals surface area (Å²) < 4.78 is 2.02. The van der Waals surface area contributed by atoms with Gasteiger partial charge >= 0.3 is 0 Å². The van der Waals surface area contributed by atoms with Crippen LogP contribution in [0, 0.1) is 0 Å². The highest BCUT2D eigenvalue weighted by Gasteiger charge is 1.98. The Morgan fingerprint density at radius 1 is 1.17 bits per heavy atom. The first kappa shape index (κ1) is 12.8. The number of nitrogens with zero attached hydrogens (tertiary/aromatic N) is 2. The molecule has 0 amide bonds. The number of hydrogen-bond donors (Lipinski definition) is 1. The lowest BCUT2D eigenvalue weighted by Gasteiger charge is -2.02. The third-order valence-electron chi connectivity index (χ3n) is 2.92. The van der Waals surface area contributed by atoms with Gasteiger partial charge in [-0.05, 0) is 24.9 Å². The Balaban J connectivity index is 1.80. The molecule has 96 valence electrons. The molecule has 18 heavy (non-hydrogen) atoms. The Morgan fingerprint density at radius 2 is 2.00 bits per heavy atom. The fourth-order valence-electron chi connectivity index (χ4n) is 1.92. The lowest BCUT2D eigenvalue weighted by Crippen LogP contribution is -2.13. The number of rotatable bonds is 7. The predicted octanol–water partition coefficient (Wildman–Crippen LogP) is 2.63. The van der Waals surface area contributed by atoms with Gasteiger partial charge in [0.05, 0.1) is 6.20 Å². The van der Waals surface area contributed by atoms with Crippen molar-refractivity contribution in [3.8, 4) is 0 Å². The van der Waals surface area contributed by atoms with Crippen molar-refractivity contribution in [3.63, 3.8) is 0 Å². The van der Waals surface area contributed by atoms with Crippen molar-refractivity contribution in [2.75, 3.05) is 6.54 Å². The highest BCUT2D eigenvalue weighted by Crippen LogP contribution is 2.03. The molecule has 0 saturated carbocycles. The molecule has 2 rings (SSSR count). The van der Waals surface area contributed by atoms with Crippen LogP contribution >= 0.6 is 0 Å². The van der Waals surface area contributed by atoms with E-state index in [0.29, 0.717) is 0 Å². The van der Waals surface area contributed by atoms with Gasteiger partial charge in [0, 0.05) is 24.8 Å². The number of nitrogens with one attached hydrogen (secondary N) is 1. The summed E-state index contributed by atoms with van der Waals surface area (Å²) in [6.07, 6.45) is 6.28. The summed E-state index contributed by atoms with van der Waals surface area (Å²) in [6, 6.07) is 10.5. The van der Waals surface area contributed by atoms with Crippen LogP contribution in [0.2, 0.25) is 0 Å². The van der Waals surface area contributed by atoms with E-state index in [-0.39, 0.29) is 0 Å². The molecule has 0 atom stereocenters. The van der Waals surface area contributed by atoms with E-state index < -0.39 is 0 Å². The van der Waals surface area contributed by atoms with Crippen LogP contribution in [0.1, 0.15) is 24.5 Å². The zero-order chi connectivity index (χ0) is 12.6. The largest absolute Gasteiger partial charge is 0.313 e. The Morgan fingerprint density at radius 3 is 2.78 bits per heavy atom. The Hall–Kier alpha value is -1.61. The smallest absolute Gasteiger partial charge is 0.0534 e. The van der Waals surface area contributed by atoms with Crippen LogP contribution in [0.5, 0.6) is 0 Å². The molecule has 0 spiro atoms. The highest BCUT2D eigenvalue weighted by atomic mass is 15.3. The second-order valence-corrected chi connectivity index (χ2v) is 4.52. The van der Waals surface area contributed by atoms with E-state index in [0.717, 1.165) is 26.1 Å². The van der Waals surface area contributed by atoms with Gasteiger partial charge in [-0.1, -0.05) is 37.3 Å². The lowest BCUT2D eigenvalue weighted by atomic mass is 10.1. The fraction of sp³-hybridized carbons (Fsp3) is 0.400. The Bertz CT molecular complexity index is 448. The van der Waals surface area contributed by atoms with Crippen molar-refractivity contribution in [1.29, 1.82) is 0 Å². The first-order valence-electron chi connectivity index (χ1n) is 6.64. The minimum atomic E-state index is 0.916. The quantitative estimate of drug-likeness (QED) is 0.758. The molecule has 3 heteroatoms. The molecule has 1 N–H and O–H groups in total. The molecular formula is C15H21N3. The summed E-state index contributed by atoms with van der Waals surface area (Å²) in [5, 5.41) is 7.77. The van der Waals surface area contributed by atoms with Crippen molar-refractivity contribution < 1.29 is 0 Å². The van der Waals surface area contributed by atoms with Crippen LogP contribution in [-0.4, -0.2) is 16.3 Å². The van der Waals surface area contributed by atoms with Crippen molar-refractivity contribution >= 4 is 0 Å². The zero-order valence-electron chi connectivity index (χ0n) is 11.0. The van der Waals surface area contributed by atoms with Crippen LogP contribution in [0.3, 0.4) is 0 Å². The fourth-order valence-corrected chi connectivity index (χ4v) is 1.92. The highest BCUT2D eigenvalue weighted by molar-refractivity contribution is 5.14. The minimum absolute atomic E-state index is 0.916. The number of hydrogen-bond acceptors (Lipinski definition) is 2. The summed E-state index contributed by atoms with van der Waals surface area (Å²) in [4.78, 5) is 0. The molecule has 0 radical (unpaired) electrons. The van der Waals surface area contributed by atoms with Crippen LogP contribution in [-0.2, 0) is 19.5 Å². The lowest BCUT2D eigenvalue weighted by molar-refractivity contribution is 0.613. The van der Waals surface area contributed by atoms with Gasteiger partial charge in [-0.15, -0.1) is 0 Å². The molecule has 1 aromatic carbocycles. The van der Waals surface area contributed by atoms with E-state index in [9.17, 15) is 0 Å². The van der Waals surface area contributed by atoms with Crippen molar-refractivity contribution in [1.82, 2.24) is 15.1 Å². The standard InChI is InChI=1S/C15H21N3/c1-2-9-16-11-15-12-17-18(13-15)10-8-14-6-4-3-5-7-14/h3-7,12-13,16H,2,8-11H2,1H3. The van der Waals surface area contributed by atoms with Gasteiger partial charge in [0.2, 0.25) is 0 Å². The average Bonchev–Trinajstić information content (AvgIpc) is 2.86. The molecule has 0 saturated heterocycles. The van der Waals surface area contributed by atoms with Gasteiger partial charge < -0.3 is 5.32 Å². The maximum Gasteiger partial charge on any atom is 0.0534 e. The normalized spacial score (nSPS) is 10.7. The van der Waals surface area contributed by atoms with Gasteiger partial charge in [-0.3, -0.25) is 4.68 Å². The Kier molecular flexibility index (Phi) is 4.97. The first-order valence-corrected chi connectivity index (χ1v) is 6.64. The average molecular weight is 243 g/mol. The van der Waals surface area contributed by atoms with Crippen LogP contribution in [0.15, 0.2) is 42.7 Å². The molecule has 0 aliphatic carbocycles. The number of aryl methyl sites for hydroxylation is 2. The van der Waals surface area contributed by atoms with E-state index in [2.05, 4.69) is 53.9 Å². The summed E-state index contributed by atoms with van der Waals surface area (Å²) in [5.74, 6) is 0. The molecule has 0 aliphatic rings. The van der Waals surface area contributed by atoms with Gasteiger partial charge in [0.15, 0.2) is 0 Å². The van der Waals surface area contributed by atoms with Crippen molar-refractivity contribution in [2.45, 2.75) is 32.9 Å². The predicted molar refractivity (Wildman–Crippen MR) is 74.4 cm³/mol. The monoisotopic (exact) mass is 243 g/mol. The molecule has 0 bridgehead atoms. The maximum atomic E-state index is 4.39. The summed E-state index contributed by atoms with van der Waals surface area (Å²) in [6.45, 7) is 5.10. The Labute approximate surface area is 109 Å². The third-order valence-corrected chi connectivity index (χ3v) is 2.92. The topological polar surface area (TPSA) is 29.9 Å². The van der Waals surface area contributed by atoms with Gasteiger partial charge in [0.1, 0.15) is 0 Å². The van der Waals surface area contributed by atoms with Crippen molar-refractivity contribution in [2.24, 2.45) is 0 Å². The number of benzene rings is 1. The molecule has 0 fully saturated rings. The van der Waals surface area contributed by atoms with E-state index in [1.54, 1.807) is 0 Å². The van der Waals surface area contributed by atoms with E-state index in [4.69, 9.17) is 0 Å². The van der Waals surface area contributed by atoms with E-state index in [1.165, 1.54) is 17.5 Å². The maximum absolute atomic E-state index is 4.39. The van der Waals surface area contributed by atoms with E-state index >= 15 is 0 Å². The van der Waals surface area contributed by atoms with Crippen LogP contribution in [0.4, 0.5) is 0 Å². The zero-order valence-corrected chi connectivity index (χ0v) is 11.0. The second-order valence-electron chi connectivity index (χ2n) is 4.52.